The number of nitrogens with two attached hydrogens (primary N) is 1. The molecule has 8 rings (SSSR count). The van der Waals surface area contributed by atoms with Gasteiger partial charge in [-0.2, -0.15) is 0 Å². The molecule has 456 valence electrons. The predicted octanol–water partition coefficient (Wildman–Crippen LogP) is 9.13. The van der Waals surface area contributed by atoms with Crippen molar-refractivity contribution in [1.29, 1.82) is 0 Å². The average Bonchev–Trinajstić information content (AvgIpc) is 3.93. The van der Waals surface area contributed by atoms with E-state index in [1.54, 1.807) is 30.3 Å². The van der Waals surface area contributed by atoms with E-state index in [1.165, 1.54) is 21.9 Å². The molecule has 4 aliphatic rings. The summed E-state index contributed by atoms with van der Waals surface area (Å²) in [5, 5.41) is 11.8. The summed E-state index contributed by atoms with van der Waals surface area (Å²) in [6.45, 7) is 16.9. The van der Waals surface area contributed by atoms with Gasteiger partial charge in [-0.05, 0) is 140 Å². The number of hydrogen-bond donors (Lipinski definition) is 3. The fraction of sp³-hybridized carbons (Fsp3) is 0.483. The number of nitrogens with zero attached hydrogens (tertiary/aromatic N) is 2. The van der Waals surface area contributed by atoms with Gasteiger partial charge in [-0.15, -0.1) is 0 Å². The number of carboxylic acid groups (broad SMARTS) is 1. The van der Waals surface area contributed by atoms with E-state index in [0.717, 1.165) is 39.7 Å². The molecule has 0 radical (unpaired) electrons. The molecule has 0 saturated carbocycles. The maximum absolute atomic E-state index is 15.0. The Hall–Kier alpha value is -6.20. The van der Waals surface area contributed by atoms with Gasteiger partial charge in [0.25, 0.3) is 6.47 Å². The van der Waals surface area contributed by atoms with E-state index < -0.39 is 66.4 Å². The molecule has 0 aliphatic carbocycles. The second-order valence-corrected chi connectivity index (χ2v) is 28.3. The van der Waals surface area contributed by atoms with E-state index in [4.69, 9.17) is 41.0 Å². The van der Waals surface area contributed by atoms with Crippen LogP contribution in [0.2, 0.25) is 0 Å². The first-order valence-electron chi connectivity index (χ1n) is 27.1. The fourth-order valence-electron chi connectivity index (χ4n) is 11.3. The molecule has 4 aromatic rings. The zero-order chi connectivity index (χ0) is 62.5. The number of benzene rings is 4. The maximum atomic E-state index is 15.0. The second-order valence-electron chi connectivity index (χ2n) is 22.6. The van der Waals surface area contributed by atoms with Gasteiger partial charge >= 0.3 is 48.8 Å². The first kappa shape index (κ1) is 68.6. The molecule has 4 aromatic carbocycles. The summed E-state index contributed by atoms with van der Waals surface area (Å²) in [6, 6.07) is 16.6. The third-order valence-corrected chi connectivity index (χ3v) is 18.8. The summed E-state index contributed by atoms with van der Waals surface area (Å²) in [7, 11) is -6.10. The van der Waals surface area contributed by atoms with Crippen LogP contribution in [0.5, 0.6) is 5.75 Å². The van der Waals surface area contributed by atoms with Crippen molar-refractivity contribution in [3.05, 3.63) is 122 Å². The molecule has 4 heterocycles. The Labute approximate surface area is 496 Å². The van der Waals surface area contributed by atoms with Crippen LogP contribution in [0.4, 0.5) is 29.7 Å². The topological polar surface area (TPSA) is 280 Å². The van der Waals surface area contributed by atoms with Crippen LogP contribution in [-0.4, -0.2) is 127 Å². The van der Waals surface area contributed by atoms with Crippen molar-refractivity contribution in [2.75, 3.05) is 59.0 Å². The molecule has 4 fully saturated rings. The van der Waals surface area contributed by atoms with Crippen molar-refractivity contribution in [1.82, 2.24) is 5.32 Å². The first-order valence-corrected chi connectivity index (χ1v) is 32.8. The molecule has 4 N–H and O–H groups in total. The summed E-state index contributed by atoms with van der Waals surface area (Å²) in [4.78, 5) is 73.0. The normalized spacial score (nSPS) is 18.6. The number of nitrogens with one attached hydrogen (secondary N) is 1. The number of cyclic esters (lactones) is 2. The van der Waals surface area contributed by atoms with Gasteiger partial charge in [-0.3, -0.25) is 29.0 Å². The van der Waals surface area contributed by atoms with Gasteiger partial charge < -0.3 is 30.4 Å². The van der Waals surface area contributed by atoms with Crippen LogP contribution in [0.15, 0.2) is 60.7 Å². The number of halogens is 3. The Kier molecular flexibility index (Phi) is 24.3. The van der Waals surface area contributed by atoms with Crippen molar-refractivity contribution in [2.24, 2.45) is 5.73 Å². The van der Waals surface area contributed by atoms with Crippen molar-refractivity contribution in [2.45, 2.75) is 129 Å². The summed E-state index contributed by atoms with van der Waals surface area (Å²) >= 11 is 4.85. The molecule has 1 unspecified atom stereocenters. The number of carbonyl (C=O) groups excluding carboxylic acids is 5. The zero-order valence-corrected chi connectivity index (χ0v) is 51.7. The molecule has 0 bridgehead atoms. The van der Waals surface area contributed by atoms with Crippen LogP contribution >= 0.6 is 19.1 Å². The van der Waals surface area contributed by atoms with Crippen LogP contribution in [0.25, 0.3) is 0 Å². The monoisotopic (exact) mass is 1240 g/mol. The number of rotatable bonds is 17. The number of amides is 3. The SMILES string of the molecule is Cc1cc(C)c(C(C)(C)CC(=O)NC[C@H]2CN(c3ccc(C4CCS(=O)(=O)CC4)c(F)c3)C(=O)O2)c(C=O)c1.Cc1cc(C)c(C(C)(C)CC(=O)O)c(OC=O)c1.NC[C@H]1CN(c2ccc(C3CCS(=O)(=O)CC3)c(F)c2)C(=O)O1.O=BPCl. The standard InChI is InChI=1S/C29H35FN2O6S.C15H19FN2O4S.C14H18O4.BClHOP/c1-18-11-19(2)27(21(12-18)17-33)29(3,4)14-26(34)31-15-23-16-32(28(35)38-23)22-5-6-24(25(30)13-22)20-7-9-39(36,37)10-8-20;16-14-7-11(18-9-12(8-17)22-15(18)19)1-2-13(14)10-3-5-23(20,21)6-4-10;1-9-5-10(2)13(11(6-9)18-8-15)14(3,4)7-12(16)17;2-4-1-3/h5-6,11-13,17,20,23H,7-10,14-16H2,1-4H3,(H,31,34);1-2,7,10,12H,3-6,8-9,17H2;5-6,8H,7H2,1-4H3,(H,16,17);4H/t23-;12-;;/m00../s1. The molecular weight excluding hydrogens is 1170 g/mol. The zero-order valence-electron chi connectivity index (χ0n) is 48.3. The number of aryl methyl sites for hydroxylation is 4. The van der Waals surface area contributed by atoms with Crippen LogP contribution < -0.4 is 25.6 Å². The second kappa shape index (κ2) is 29.7. The molecule has 26 heteroatoms. The molecule has 4 saturated heterocycles. The number of carbonyl (C=O) groups is 6. The predicted molar refractivity (Wildman–Crippen MR) is 319 cm³/mol. The Morgan fingerprint density at radius 2 is 1.19 bits per heavy atom. The Morgan fingerprint density at radius 1 is 0.750 bits per heavy atom. The summed E-state index contributed by atoms with van der Waals surface area (Å²) in [5.41, 5.74) is 12.0. The fourth-order valence-corrected chi connectivity index (χ4v) is 14.3. The Morgan fingerprint density at radius 3 is 1.61 bits per heavy atom. The number of carboxylic acids is 1. The van der Waals surface area contributed by atoms with Gasteiger partial charge in [0.1, 0.15) is 55.6 Å². The van der Waals surface area contributed by atoms with Gasteiger partial charge in [-0.25, -0.2) is 35.2 Å². The number of hydrogen-bond acceptors (Lipinski definition) is 15. The number of aliphatic carboxylic acids is 1. The number of anilines is 2. The Balaban J connectivity index is 0.000000242. The molecule has 3 atom stereocenters. The third kappa shape index (κ3) is 18.7. The molecule has 4 aliphatic heterocycles. The quantitative estimate of drug-likeness (QED) is 0.0505. The van der Waals surface area contributed by atoms with E-state index >= 15 is 0 Å². The van der Waals surface area contributed by atoms with Gasteiger partial charge in [0.2, 0.25) is 5.91 Å². The van der Waals surface area contributed by atoms with E-state index in [-0.39, 0.29) is 87.1 Å². The van der Waals surface area contributed by atoms with E-state index in [1.807, 2.05) is 73.6 Å². The summed E-state index contributed by atoms with van der Waals surface area (Å²) < 4.78 is 100. The Bertz CT molecular complexity index is 3310. The minimum absolute atomic E-state index is 0.0217. The van der Waals surface area contributed by atoms with Crippen molar-refractivity contribution in [3.8, 4) is 5.75 Å². The number of aldehydes is 1. The molecule has 19 nitrogen and oxygen atoms in total. The van der Waals surface area contributed by atoms with Crippen molar-refractivity contribution in [3.63, 3.8) is 0 Å². The van der Waals surface area contributed by atoms with E-state index in [0.29, 0.717) is 79.4 Å². The molecule has 3 amide bonds. The van der Waals surface area contributed by atoms with Gasteiger partial charge in [0, 0.05) is 29.5 Å². The summed E-state index contributed by atoms with van der Waals surface area (Å²) in [5.74, 6) is -1.58. The third-order valence-electron chi connectivity index (χ3n) is 15.0. The van der Waals surface area contributed by atoms with Gasteiger partial charge in [-0.1, -0.05) is 57.5 Å². The first-order chi connectivity index (χ1) is 39.4. The van der Waals surface area contributed by atoms with Gasteiger partial charge in [0.05, 0.1) is 60.4 Å². The summed E-state index contributed by atoms with van der Waals surface area (Å²) in [6.07, 6.45) is 0.397. The number of sulfone groups is 2. The van der Waals surface area contributed by atoms with Crippen molar-refractivity contribution < 1.29 is 78.4 Å². The number of ether oxygens (including phenoxy) is 3. The average molecular weight is 1250 g/mol. The van der Waals surface area contributed by atoms with Crippen LogP contribution in [-0.2, 0) is 59.1 Å². The minimum atomic E-state index is -3.05. The molecule has 0 aromatic heterocycles. The van der Waals surface area contributed by atoms with E-state index in [2.05, 4.69) is 5.32 Å². The van der Waals surface area contributed by atoms with Crippen LogP contribution in [0, 0.1) is 39.3 Å². The van der Waals surface area contributed by atoms with E-state index in [9.17, 15) is 54.4 Å². The van der Waals surface area contributed by atoms with Crippen LogP contribution in [0.3, 0.4) is 0 Å². The van der Waals surface area contributed by atoms with Crippen molar-refractivity contribution >= 4 is 93.8 Å². The van der Waals surface area contributed by atoms with Crippen LogP contribution in [0.1, 0.15) is 133 Å². The van der Waals surface area contributed by atoms with Gasteiger partial charge in [0.15, 0.2) is 0 Å². The molecular formula is C58H73BClF2N4O15PS2. The molecule has 84 heavy (non-hydrogen) atoms. The molecule has 0 spiro atoms.